The molecule has 45 heavy (non-hydrogen) atoms. The third-order valence-corrected chi connectivity index (χ3v) is 8.96. The number of carbonyl (C=O) groups is 4. The Morgan fingerprint density at radius 3 is 2.11 bits per heavy atom. The number of benzene rings is 3. The lowest BCUT2D eigenvalue weighted by Crippen LogP contribution is -2.57. The summed E-state index contributed by atoms with van der Waals surface area (Å²) in [7, 11) is 0. The maximum Gasteiger partial charge on any atom is 0.326 e. The number of carbonyl (C=O) groups excluding carboxylic acids is 3. The summed E-state index contributed by atoms with van der Waals surface area (Å²) < 4.78 is 5.57. The number of anilines is 1. The number of aliphatic hydroxyl groups excluding tert-OH is 1. The van der Waals surface area contributed by atoms with Gasteiger partial charge in [0.05, 0.1) is 18.7 Å². The Morgan fingerprint density at radius 1 is 0.933 bits per heavy atom. The SMILES string of the molecule is CC(C)[C@@H](NC(=O)CNC(=O)COc1ccc(C2[C@@H](SCC(O)c3ccc(Cl)cc3)C(=O)N2c2ccc(Cl)cc2)cc1)C(=O)O. The number of hydrogen-bond donors (Lipinski definition) is 4. The van der Waals surface area contributed by atoms with E-state index in [4.69, 9.17) is 27.9 Å². The number of carboxylic acids is 1. The van der Waals surface area contributed by atoms with Gasteiger partial charge in [0.15, 0.2) is 6.61 Å². The molecule has 3 amide bonds. The van der Waals surface area contributed by atoms with Crippen molar-refractivity contribution in [2.45, 2.75) is 37.3 Å². The van der Waals surface area contributed by atoms with Gasteiger partial charge in [-0.2, -0.15) is 0 Å². The van der Waals surface area contributed by atoms with Crippen molar-refractivity contribution in [1.29, 1.82) is 0 Å². The van der Waals surface area contributed by atoms with E-state index in [-0.39, 0.29) is 31.0 Å². The molecule has 3 aromatic carbocycles. The Morgan fingerprint density at radius 2 is 1.53 bits per heavy atom. The normalized spacial score (nSPS) is 17.3. The minimum Gasteiger partial charge on any atom is -0.484 e. The van der Waals surface area contributed by atoms with Crippen LogP contribution in [0, 0.1) is 5.92 Å². The number of nitrogens with one attached hydrogen (secondary N) is 2. The van der Waals surface area contributed by atoms with E-state index in [1.54, 1.807) is 79.4 Å². The van der Waals surface area contributed by atoms with Crippen molar-refractivity contribution in [2.75, 3.05) is 23.8 Å². The van der Waals surface area contributed by atoms with Crippen LogP contribution >= 0.6 is 35.0 Å². The summed E-state index contributed by atoms with van der Waals surface area (Å²) in [5, 5.41) is 25.4. The Kier molecular flexibility index (Phi) is 11.7. The average molecular weight is 675 g/mol. The highest BCUT2D eigenvalue weighted by atomic mass is 35.5. The lowest BCUT2D eigenvalue weighted by molar-refractivity contribution is -0.143. The van der Waals surface area contributed by atoms with Gasteiger partial charge in [-0.3, -0.25) is 14.4 Å². The van der Waals surface area contributed by atoms with Crippen LogP contribution in [0.5, 0.6) is 5.75 Å². The van der Waals surface area contributed by atoms with E-state index in [0.717, 1.165) is 5.56 Å². The molecule has 3 aromatic rings. The van der Waals surface area contributed by atoms with Crippen LogP contribution in [-0.2, 0) is 19.2 Å². The number of thioether (sulfide) groups is 1. The predicted octanol–water partition coefficient (Wildman–Crippen LogP) is 4.64. The molecular formula is C32H33Cl2N3O7S. The molecule has 2 unspecified atom stereocenters. The standard InChI is InChI=1S/C32H33Cl2N3O7S/c1-18(2)28(32(42)43)36-26(39)15-35-27(40)16-44-24-13-5-20(6-14-24)29-30(31(41)37(29)23-11-9-22(34)10-12-23)45-17-25(38)19-3-7-21(33)8-4-19/h3-14,18,25,28-30,38H,15-17H2,1-2H3,(H,35,40)(H,36,39)(H,42,43)/t25?,28-,29?,30-/m1/s1. The van der Waals surface area contributed by atoms with Gasteiger partial charge in [-0.1, -0.05) is 61.3 Å². The number of amides is 3. The zero-order valence-electron chi connectivity index (χ0n) is 24.5. The van der Waals surface area contributed by atoms with E-state index in [9.17, 15) is 29.4 Å². The van der Waals surface area contributed by atoms with Crippen molar-refractivity contribution in [3.05, 3.63) is 94.0 Å². The van der Waals surface area contributed by atoms with Crippen LogP contribution in [-0.4, -0.2) is 64.1 Å². The molecule has 0 aliphatic carbocycles. The van der Waals surface area contributed by atoms with E-state index in [2.05, 4.69) is 10.6 Å². The quantitative estimate of drug-likeness (QED) is 0.181. The van der Waals surface area contributed by atoms with Crippen LogP contribution in [0.2, 0.25) is 10.0 Å². The van der Waals surface area contributed by atoms with Crippen molar-refractivity contribution in [3.63, 3.8) is 0 Å². The number of β-lactam (4-membered cyclic amide) rings is 1. The molecular weight excluding hydrogens is 641 g/mol. The first-order valence-corrected chi connectivity index (χ1v) is 15.9. The highest BCUT2D eigenvalue weighted by Crippen LogP contribution is 2.46. The zero-order valence-corrected chi connectivity index (χ0v) is 26.8. The smallest absolute Gasteiger partial charge is 0.326 e. The minimum absolute atomic E-state index is 0.0975. The molecule has 0 spiro atoms. The van der Waals surface area contributed by atoms with E-state index in [1.165, 1.54) is 11.8 Å². The number of ether oxygens (including phenoxy) is 1. The number of aliphatic carboxylic acids is 1. The molecule has 1 aliphatic rings. The Bertz CT molecular complexity index is 1500. The van der Waals surface area contributed by atoms with Gasteiger partial charge in [-0.25, -0.2) is 4.79 Å². The molecule has 0 radical (unpaired) electrons. The molecule has 1 aliphatic heterocycles. The lowest BCUT2D eigenvalue weighted by Gasteiger charge is -2.47. The van der Waals surface area contributed by atoms with Crippen LogP contribution in [0.15, 0.2) is 72.8 Å². The molecule has 0 saturated carbocycles. The largest absolute Gasteiger partial charge is 0.484 e. The fraction of sp³-hybridized carbons (Fsp3) is 0.312. The van der Waals surface area contributed by atoms with Gasteiger partial charge in [0.2, 0.25) is 11.8 Å². The maximum atomic E-state index is 13.4. The number of carboxylic acid groups (broad SMARTS) is 1. The Labute approximate surface area is 275 Å². The predicted molar refractivity (Wildman–Crippen MR) is 174 cm³/mol. The molecule has 4 rings (SSSR count). The van der Waals surface area contributed by atoms with Crippen LogP contribution < -0.4 is 20.3 Å². The van der Waals surface area contributed by atoms with Crippen molar-refractivity contribution in [1.82, 2.24) is 10.6 Å². The summed E-state index contributed by atoms with van der Waals surface area (Å²) >= 11 is 13.4. The van der Waals surface area contributed by atoms with Crippen LogP contribution in [0.25, 0.3) is 0 Å². The van der Waals surface area contributed by atoms with Crippen molar-refractivity contribution < 1.29 is 34.1 Å². The van der Waals surface area contributed by atoms with Gasteiger partial charge in [0.25, 0.3) is 5.91 Å². The van der Waals surface area contributed by atoms with Crippen molar-refractivity contribution in [3.8, 4) is 5.75 Å². The highest BCUT2D eigenvalue weighted by molar-refractivity contribution is 8.00. The first-order valence-electron chi connectivity index (χ1n) is 14.1. The third kappa shape index (κ3) is 8.91. The summed E-state index contributed by atoms with van der Waals surface area (Å²) in [4.78, 5) is 50.6. The second kappa shape index (κ2) is 15.5. The van der Waals surface area contributed by atoms with Crippen molar-refractivity contribution in [2.24, 2.45) is 5.92 Å². The first kappa shape index (κ1) is 34.1. The number of nitrogens with zero attached hydrogens (tertiary/aromatic N) is 1. The van der Waals surface area contributed by atoms with Gasteiger partial charge in [-0.05, 0) is 65.6 Å². The molecule has 4 N–H and O–H groups in total. The van der Waals surface area contributed by atoms with Crippen molar-refractivity contribution >= 4 is 64.3 Å². The Balaban J connectivity index is 1.37. The highest BCUT2D eigenvalue weighted by Gasteiger charge is 2.49. The summed E-state index contributed by atoms with van der Waals surface area (Å²) in [6.45, 7) is 2.58. The van der Waals surface area contributed by atoms with Gasteiger partial charge in [0, 0.05) is 21.5 Å². The average Bonchev–Trinajstić information content (AvgIpc) is 3.01. The second-order valence-corrected chi connectivity index (χ2v) is 12.8. The first-order chi connectivity index (χ1) is 21.4. The molecule has 1 saturated heterocycles. The molecule has 0 bridgehead atoms. The monoisotopic (exact) mass is 673 g/mol. The molecule has 238 valence electrons. The molecule has 10 nitrogen and oxygen atoms in total. The zero-order chi connectivity index (χ0) is 32.7. The van der Waals surface area contributed by atoms with Crippen LogP contribution in [0.1, 0.15) is 37.1 Å². The lowest BCUT2D eigenvalue weighted by atomic mass is 9.92. The fourth-order valence-corrected chi connectivity index (χ4v) is 6.24. The van der Waals surface area contributed by atoms with E-state index in [0.29, 0.717) is 32.8 Å². The van der Waals surface area contributed by atoms with Gasteiger partial charge in [-0.15, -0.1) is 11.8 Å². The number of rotatable bonds is 14. The fourth-order valence-electron chi connectivity index (χ4n) is 4.69. The molecule has 1 fully saturated rings. The summed E-state index contributed by atoms with van der Waals surface area (Å²) in [6.07, 6.45) is -0.785. The molecule has 0 aromatic heterocycles. The molecule has 1 heterocycles. The number of halogens is 2. The molecule has 4 atom stereocenters. The minimum atomic E-state index is -1.15. The van der Waals surface area contributed by atoms with Gasteiger partial charge < -0.3 is 30.5 Å². The number of hydrogen-bond acceptors (Lipinski definition) is 7. The summed E-state index contributed by atoms with van der Waals surface area (Å²) in [6, 6.07) is 19.5. The summed E-state index contributed by atoms with van der Waals surface area (Å²) in [5.74, 6) is -2.05. The van der Waals surface area contributed by atoms with Crippen LogP contribution in [0.4, 0.5) is 5.69 Å². The Hall–Kier alpha value is -3.77. The molecule has 13 heteroatoms. The van der Waals surface area contributed by atoms with Gasteiger partial charge in [0.1, 0.15) is 17.0 Å². The number of aliphatic hydroxyl groups is 1. The van der Waals surface area contributed by atoms with E-state index < -0.39 is 35.2 Å². The third-order valence-electron chi connectivity index (χ3n) is 7.13. The van der Waals surface area contributed by atoms with Gasteiger partial charge >= 0.3 is 5.97 Å². The topological polar surface area (TPSA) is 145 Å². The van der Waals surface area contributed by atoms with E-state index >= 15 is 0 Å². The second-order valence-electron chi connectivity index (χ2n) is 10.7. The maximum absolute atomic E-state index is 13.4. The summed E-state index contributed by atoms with van der Waals surface area (Å²) in [5.41, 5.74) is 2.22. The van der Waals surface area contributed by atoms with E-state index in [1.807, 2.05) is 12.1 Å². The van der Waals surface area contributed by atoms with Crippen LogP contribution in [0.3, 0.4) is 0 Å².